The highest BCUT2D eigenvalue weighted by Gasteiger charge is 2.13. The monoisotopic (exact) mass is 392 g/mol. The van der Waals surface area contributed by atoms with E-state index in [4.69, 9.17) is 0 Å². The number of hydrogen-bond donors (Lipinski definition) is 2. The van der Waals surface area contributed by atoms with Crippen LogP contribution < -0.4 is 10.6 Å². The largest absolute Gasteiger partial charge is 0.322 e. The number of imidazole rings is 1. The van der Waals surface area contributed by atoms with Crippen molar-refractivity contribution in [2.75, 3.05) is 10.6 Å². The number of hydrogen-bond acceptors (Lipinski definition) is 4. The molecule has 8 nitrogen and oxygen atoms in total. The second kappa shape index (κ2) is 7.55. The Bertz CT molecular complexity index is 1210. The lowest BCUT2D eigenvalue weighted by Crippen LogP contribution is -2.16. The minimum Gasteiger partial charge on any atom is -0.322 e. The molecule has 0 fully saturated rings. The zero-order valence-corrected chi connectivity index (χ0v) is 15.5. The van der Waals surface area contributed by atoms with Crippen LogP contribution in [0.5, 0.6) is 0 Å². The maximum atomic E-state index is 14.0. The lowest BCUT2D eigenvalue weighted by atomic mass is 10.1. The molecule has 3 aromatic heterocycles. The Morgan fingerprint density at radius 1 is 1.03 bits per heavy atom. The molecule has 0 saturated heterocycles. The molecule has 2 N–H and O–H groups in total. The number of pyridine rings is 1. The molecular weight excluding hydrogens is 375 g/mol. The number of amides is 2. The molecule has 29 heavy (non-hydrogen) atoms. The van der Waals surface area contributed by atoms with E-state index in [1.807, 2.05) is 6.92 Å². The van der Waals surface area contributed by atoms with E-state index in [-0.39, 0.29) is 11.3 Å². The zero-order valence-electron chi connectivity index (χ0n) is 15.5. The Labute approximate surface area is 165 Å². The van der Waals surface area contributed by atoms with Crippen LogP contribution in [-0.4, -0.2) is 31.0 Å². The van der Waals surface area contributed by atoms with E-state index in [9.17, 15) is 14.0 Å². The van der Waals surface area contributed by atoms with Crippen LogP contribution in [0.4, 0.5) is 15.9 Å². The summed E-state index contributed by atoms with van der Waals surface area (Å²) >= 11 is 0. The van der Waals surface area contributed by atoms with Gasteiger partial charge < -0.3 is 15.0 Å². The molecule has 9 heteroatoms. The second-order valence-electron chi connectivity index (χ2n) is 6.30. The van der Waals surface area contributed by atoms with E-state index in [0.29, 0.717) is 23.6 Å². The summed E-state index contributed by atoms with van der Waals surface area (Å²) in [6, 6.07) is 8.62. The lowest BCUT2D eigenvalue weighted by molar-refractivity contribution is 0.101. The van der Waals surface area contributed by atoms with Crippen molar-refractivity contribution < 1.29 is 14.0 Å². The first kappa shape index (κ1) is 18.4. The number of aryl methyl sites for hydroxylation is 1. The van der Waals surface area contributed by atoms with Gasteiger partial charge in [0, 0.05) is 48.6 Å². The van der Waals surface area contributed by atoms with Crippen molar-refractivity contribution >= 4 is 29.0 Å². The SMILES string of the molecule is CCn1ccc(NC(=O)c2cc(F)cc(NC(=O)c3ccc4nccn4c3)c2)n1. The standard InChI is InChI=1S/C20H17FN6O2/c1-2-27-7-5-17(25-27)24-20(29)14-9-15(21)11-16(10-14)23-19(28)13-3-4-18-22-6-8-26(18)12-13/h3-12H,2H2,1H3,(H,23,28)(H,24,25,29). The van der Waals surface area contributed by atoms with Gasteiger partial charge in [0.25, 0.3) is 11.8 Å². The average molecular weight is 392 g/mol. The number of rotatable bonds is 5. The summed E-state index contributed by atoms with van der Waals surface area (Å²) in [7, 11) is 0. The first-order valence-electron chi connectivity index (χ1n) is 8.91. The van der Waals surface area contributed by atoms with Crippen molar-refractivity contribution in [3.8, 4) is 0 Å². The fourth-order valence-corrected chi connectivity index (χ4v) is 2.84. The van der Waals surface area contributed by atoms with Gasteiger partial charge in [0.1, 0.15) is 11.5 Å². The minimum absolute atomic E-state index is 0.0661. The van der Waals surface area contributed by atoms with Crippen LogP contribution in [0.1, 0.15) is 27.6 Å². The predicted molar refractivity (Wildman–Crippen MR) is 105 cm³/mol. The van der Waals surface area contributed by atoms with Gasteiger partial charge in [-0.2, -0.15) is 5.10 Å². The molecule has 4 aromatic rings. The van der Waals surface area contributed by atoms with Crippen molar-refractivity contribution in [3.63, 3.8) is 0 Å². The van der Waals surface area contributed by atoms with Crippen LogP contribution in [0.25, 0.3) is 5.65 Å². The number of carbonyl (C=O) groups excluding carboxylic acids is 2. The van der Waals surface area contributed by atoms with Gasteiger partial charge in [-0.3, -0.25) is 14.3 Å². The van der Waals surface area contributed by atoms with Crippen LogP contribution in [0.3, 0.4) is 0 Å². The van der Waals surface area contributed by atoms with Gasteiger partial charge in [-0.25, -0.2) is 9.37 Å². The number of fused-ring (bicyclic) bond motifs is 1. The molecule has 146 valence electrons. The van der Waals surface area contributed by atoms with Crippen LogP contribution in [0, 0.1) is 5.82 Å². The van der Waals surface area contributed by atoms with Crippen molar-refractivity contribution in [2.45, 2.75) is 13.5 Å². The molecular formula is C20H17FN6O2. The lowest BCUT2D eigenvalue weighted by Gasteiger charge is -2.09. The third-order valence-corrected chi connectivity index (χ3v) is 4.28. The van der Waals surface area contributed by atoms with Gasteiger partial charge in [-0.1, -0.05) is 0 Å². The molecule has 0 aliphatic heterocycles. The molecule has 0 aliphatic rings. The van der Waals surface area contributed by atoms with Gasteiger partial charge in [-0.15, -0.1) is 0 Å². The molecule has 0 unspecified atom stereocenters. The molecule has 0 spiro atoms. The van der Waals surface area contributed by atoms with Crippen LogP contribution in [0.15, 0.2) is 61.2 Å². The summed E-state index contributed by atoms with van der Waals surface area (Å²) in [5.74, 6) is -1.24. The predicted octanol–water partition coefficient (Wildman–Crippen LogP) is 3.19. The second-order valence-corrected chi connectivity index (χ2v) is 6.30. The molecule has 0 bridgehead atoms. The highest BCUT2D eigenvalue weighted by molar-refractivity contribution is 6.07. The van der Waals surface area contributed by atoms with E-state index >= 15 is 0 Å². The Hall–Kier alpha value is -4.01. The quantitative estimate of drug-likeness (QED) is 0.545. The fourth-order valence-electron chi connectivity index (χ4n) is 2.84. The molecule has 0 aliphatic carbocycles. The summed E-state index contributed by atoms with van der Waals surface area (Å²) in [5.41, 5.74) is 1.31. The highest BCUT2D eigenvalue weighted by atomic mass is 19.1. The molecule has 0 radical (unpaired) electrons. The number of carbonyl (C=O) groups is 2. The van der Waals surface area contributed by atoms with Crippen molar-refractivity contribution in [2.24, 2.45) is 0 Å². The van der Waals surface area contributed by atoms with Crippen molar-refractivity contribution in [1.29, 1.82) is 0 Å². The molecule has 3 heterocycles. The fraction of sp³-hybridized carbons (Fsp3) is 0.100. The molecule has 0 atom stereocenters. The van der Waals surface area contributed by atoms with Crippen molar-refractivity contribution in [1.82, 2.24) is 19.2 Å². The average Bonchev–Trinajstić information content (AvgIpc) is 3.35. The first-order valence-corrected chi connectivity index (χ1v) is 8.91. The summed E-state index contributed by atoms with van der Waals surface area (Å²) in [6.45, 7) is 2.58. The maximum absolute atomic E-state index is 14.0. The van der Waals surface area contributed by atoms with Gasteiger partial charge in [0.05, 0.1) is 5.56 Å². The van der Waals surface area contributed by atoms with E-state index in [1.54, 1.807) is 52.1 Å². The van der Waals surface area contributed by atoms with E-state index in [1.165, 1.54) is 6.07 Å². The number of aromatic nitrogens is 4. The first-order chi connectivity index (χ1) is 14.0. The molecule has 2 amide bonds. The zero-order chi connectivity index (χ0) is 20.4. The maximum Gasteiger partial charge on any atom is 0.257 e. The van der Waals surface area contributed by atoms with Gasteiger partial charge in [0.2, 0.25) is 0 Å². The van der Waals surface area contributed by atoms with E-state index in [0.717, 1.165) is 12.1 Å². The molecule has 0 saturated carbocycles. The molecule has 1 aromatic carbocycles. The van der Waals surface area contributed by atoms with Crippen LogP contribution in [0.2, 0.25) is 0 Å². The number of anilines is 2. The number of nitrogens with zero attached hydrogens (tertiary/aromatic N) is 4. The third-order valence-electron chi connectivity index (χ3n) is 4.28. The number of halogens is 1. The summed E-state index contributed by atoms with van der Waals surface area (Å²) in [5, 5.41) is 9.39. The van der Waals surface area contributed by atoms with E-state index in [2.05, 4.69) is 20.7 Å². The summed E-state index contributed by atoms with van der Waals surface area (Å²) in [4.78, 5) is 29.1. The van der Waals surface area contributed by atoms with Gasteiger partial charge >= 0.3 is 0 Å². The summed E-state index contributed by atoms with van der Waals surface area (Å²) in [6.07, 6.45) is 6.69. The van der Waals surface area contributed by atoms with Gasteiger partial charge in [-0.05, 0) is 37.3 Å². The van der Waals surface area contributed by atoms with Gasteiger partial charge in [0.15, 0.2) is 5.82 Å². The Kier molecular flexibility index (Phi) is 4.78. The van der Waals surface area contributed by atoms with E-state index < -0.39 is 17.6 Å². The highest BCUT2D eigenvalue weighted by Crippen LogP contribution is 2.17. The van der Waals surface area contributed by atoms with Crippen LogP contribution >= 0.6 is 0 Å². The normalized spacial score (nSPS) is 10.8. The Balaban J connectivity index is 1.52. The van der Waals surface area contributed by atoms with Crippen LogP contribution in [-0.2, 0) is 6.54 Å². The topological polar surface area (TPSA) is 93.3 Å². The Morgan fingerprint density at radius 2 is 1.86 bits per heavy atom. The number of nitrogens with one attached hydrogen (secondary N) is 2. The molecule has 4 rings (SSSR count). The number of benzene rings is 1. The van der Waals surface area contributed by atoms with Crippen molar-refractivity contribution in [3.05, 3.63) is 78.1 Å². The Morgan fingerprint density at radius 3 is 2.66 bits per heavy atom. The summed E-state index contributed by atoms with van der Waals surface area (Å²) < 4.78 is 17.4. The minimum atomic E-state index is -0.642. The third kappa shape index (κ3) is 3.98. The smallest absolute Gasteiger partial charge is 0.257 e.